The third-order valence-electron chi connectivity index (χ3n) is 18.2. The van der Waals surface area contributed by atoms with Gasteiger partial charge in [0.15, 0.2) is 0 Å². The number of carboxylic acid groups (broad SMARTS) is 3. The molecule has 1 aromatic heterocycles. The van der Waals surface area contributed by atoms with Gasteiger partial charge in [0.2, 0.25) is 76.8 Å². The van der Waals surface area contributed by atoms with Crippen LogP contribution in [0.15, 0.2) is 82.0 Å². The Kier molecular flexibility index (Phi) is 49.9. The normalized spacial score (nSPS) is 13.2. The second-order valence-electron chi connectivity index (χ2n) is 30.7. The van der Waals surface area contributed by atoms with E-state index >= 15 is 0 Å². The van der Waals surface area contributed by atoms with Crippen LogP contribution in [0.4, 0.5) is 62.3 Å². The van der Waals surface area contributed by atoms with Crippen LogP contribution >= 0.6 is 0 Å². The van der Waals surface area contributed by atoms with Crippen molar-refractivity contribution in [3.63, 3.8) is 0 Å². The van der Waals surface area contributed by atoms with Gasteiger partial charge in [0.25, 0.3) is 11.4 Å². The third-order valence-corrected chi connectivity index (χ3v) is 18.2. The first kappa shape index (κ1) is 118. The van der Waals surface area contributed by atoms with E-state index in [1.54, 1.807) is 84.0 Å². The van der Waals surface area contributed by atoms with Crippen molar-refractivity contribution in [2.75, 3.05) is 44.6 Å². The van der Waals surface area contributed by atoms with Gasteiger partial charge >= 0.3 is 30.1 Å². The Morgan fingerprint density at radius 1 is 0.530 bits per heavy atom. The molecule has 9 atom stereocenters. The molecule has 1 heterocycles. The quantitative estimate of drug-likeness (QED) is 0.00371. The van der Waals surface area contributed by atoms with Gasteiger partial charge in [-0.05, 0) is 111 Å². The zero-order valence-corrected chi connectivity index (χ0v) is 73.0. The highest BCUT2D eigenvalue weighted by molar-refractivity contribution is 5.99. The lowest BCUT2D eigenvalue weighted by Gasteiger charge is -2.33. The van der Waals surface area contributed by atoms with Gasteiger partial charge in [-0.2, -0.15) is 39.5 Å². The van der Waals surface area contributed by atoms with E-state index in [4.69, 9.17) is 57.1 Å². The maximum absolute atomic E-state index is 14.6. The molecule has 4 aromatic rings. The van der Waals surface area contributed by atoms with Crippen molar-refractivity contribution in [1.29, 1.82) is 0 Å². The number of nitrogens with two attached hydrogens (primary N) is 4. The van der Waals surface area contributed by atoms with Gasteiger partial charge in [0.05, 0.1) is 55.1 Å². The van der Waals surface area contributed by atoms with Gasteiger partial charge in [-0.1, -0.05) is 71.9 Å². The molecule has 0 aliphatic heterocycles. The van der Waals surface area contributed by atoms with Crippen LogP contribution in [0.2, 0.25) is 0 Å². The zero-order valence-electron chi connectivity index (χ0n) is 73.0. The molecule has 0 unspecified atom stereocenters. The summed E-state index contributed by atoms with van der Waals surface area (Å²) in [5, 5.41) is 91.0. The average molecular weight is 1930 g/mol. The summed E-state index contributed by atoms with van der Waals surface area (Å²) in [6.45, 7) is 7.91. The van der Waals surface area contributed by atoms with Crippen LogP contribution in [0.3, 0.4) is 0 Å². The maximum Gasteiger partial charge on any atom is 0.430 e. The number of aliphatic hydroxyl groups is 1. The van der Waals surface area contributed by atoms with Crippen LogP contribution in [0, 0.1) is 31.6 Å². The number of benzene rings is 3. The summed E-state index contributed by atoms with van der Waals surface area (Å²) in [7, 11) is 0. The van der Waals surface area contributed by atoms with Crippen molar-refractivity contribution in [2.45, 2.75) is 204 Å². The van der Waals surface area contributed by atoms with Crippen molar-refractivity contribution in [2.24, 2.45) is 34.3 Å². The topological polar surface area (TPSA) is 797 Å². The van der Waals surface area contributed by atoms with E-state index in [1.165, 1.54) is 12.1 Å². The number of nitrogens with zero attached hydrogens (tertiary/aromatic N) is 2. The number of alkyl halides is 9. The number of hydrogen-bond acceptors (Lipinski definition) is 27. The smallest absolute Gasteiger partial charge is 0.430 e. The minimum Gasteiger partial charge on any atom is -0.542 e. The molecule has 47 nitrogen and oxygen atoms in total. The maximum atomic E-state index is 14.6. The first-order chi connectivity index (χ1) is 62.2. The number of fused-ring (bicyclic) bond motifs is 1. The van der Waals surface area contributed by atoms with E-state index in [2.05, 4.69) is 80.3 Å². The van der Waals surface area contributed by atoms with Gasteiger partial charge in [0.1, 0.15) is 89.2 Å². The Morgan fingerprint density at radius 3 is 1.48 bits per heavy atom. The second kappa shape index (κ2) is 57.0. The number of quaternary nitrogens is 2. The number of non-ortho nitro benzene ring substituents is 1. The number of nitro benzene ring substituents is 2. The largest absolute Gasteiger partial charge is 0.542 e. The molecule has 744 valence electrons. The number of anilines is 1. The van der Waals surface area contributed by atoms with Gasteiger partial charge in [0, 0.05) is 43.0 Å². The molecule has 0 fully saturated rings. The van der Waals surface area contributed by atoms with Crippen LogP contribution in [-0.4, -0.2) is 228 Å². The number of primary amides is 2. The fourth-order valence-electron chi connectivity index (χ4n) is 11.5. The van der Waals surface area contributed by atoms with Crippen molar-refractivity contribution >= 4 is 134 Å². The predicted molar refractivity (Wildman–Crippen MR) is 442 cm³/mol. The number of unbranched alkanes of at least 4 members (excludes halogenated alkanes) is 2. The van der Waals surface area contributed by atoms with E-state index < -0.39 is 232 Å². The first-order valence-corrected chi connectivity index (χ1v) is 40.5. The van der Waals surface area contributed by atoms with Crippen molar-refractivity contribution in [3.8, 4) is 0 Å². The minimum atomic E-state index is -5.19. The molecule has 0 spiro atoms. The van der Waals surface area contributed by atoms with Crippen molar-refractivity contribution < 1.29 is 167 Å². The Labute approximate surface area is 755 Å². The van der Waals surface area contributed by atoms with Gasteiger partial charge < -0.3 is 126 Å². The standard InChI is InChI=1S/C72H105N21O20.3C2HF3O2/c1-7-45(83-58(97)36-81-57(96)32-41-33-60(99)113-55-34-42(74)21-23-44(41)55)64(102)91-61(72(4,5)6)70(108)89-51(30-39(2)3)68(106)88-50(25-26-56(75)95)67(105)90-53(38-94)63(101)82-37-59(98)84-52(31-40-16-9-8-10-17-40)69(107)87-49(20-15-29-80-71(77)78)66(104)86-48(65(103)85-47(62(76)100)18-11-13-27-73)19-12-14-28-79-46-24-22-43(92(109)110)35-54(46)93(111)112;3*3-2(4,5)1(6)7/h8-10,16-17,21-24,33-35,39,45,47-53,61,79,94H,7,11-15,18-20,25-32,36-38,73-74H2,1-6H3,(H2,75,95)(H2,76,100)(H,81,96)(H,82,101)(H,83,97)(H,84,98)(H,85,103)(H,86,104)(H,87,107)(H,88,106)(H,89,108)(H,90,105)(H,91,102)(H4,77,78,80);3*(H,6,7)/t45-,47-,48-,49-,50-,51-,52-,53-,61+;;;/m0.../s1. The lowest BCUT2D eigenvalue weighted by molar-refractivity contribution is -0.459. The molecule has 0 saturated heterocycles. The molecule has 0 bridgehead atoms. The molecule has 0 aliphatic rings. The molecule has 0 radical (unpaired) electrons. The van der Waals surface area contributed by atoms with Gasteiger partial charge in [-0.3, -0.25) is 99.0 Å². The summed E-state index contributed by atoms with van der Waals surface area (Å²) >= 11 is 0. The molecule has 3 aromatic carbocycles. The van der Waals surface area contributed by atoms with E-state index in [9.17, 15) is 132 Å². The molecule has 134 heavy (non-hydrogen) atoms. The molecule has 13 amide bonds. The highest BCUT2D eigenvalue weighted by Gasteiger charge is 2.40. The Balaban J connectivity index is 0.00000380. The monoisotopic (exact) mass is 1930 g/mol. The van der Waals surface area contributed by atoms with E-state index in [0.29, 0.717) is 41.6 Å². The van der Waals surface area contributed by atoms with Crippen molar-refractivity contribution in [1.82, 2.24) is 58.5 Å². The number of nitrogens with one attached hydrogen (secondary N) is 13. The number of rotatable bonds is 49. The Morgan fingerprint density at radius 2 is 1.00 bits per heavy atom. The molecule has 4 rings (SSSR count). The number of guanidine groups is 1. The number of amides is 13. The lowest BCUT2D eigenvalue weighted by atomic mass is 9.85. The number of carbonyl (C=O) groups excluding carboxylic acids is 16. The number of halogens is 9. The number of aliphatic hydroxyl groups excluding tert-OH is 1. The van der Waals surface area contributed by atoms with Crippen LogP contribution in [0.5, 0.6) is 0 Å². The zero-order chi connectivity index (χ0) is 102. The number of aliphatic carboxylic acids is 3. The van der Waals surface area contributed by atoms with Crippen LogP contribution in [0.25, 0.3) is 11.0 Å². The van der Waals surface area contributed by atoms with Gasteiger partial charge in [-0.15, -0.1) is 0 Å². The highest BCUT2D eigenvalue weighted by atomic mass is 19.4. The SMILES string of the molecule is CC[C@H](NC(=O)CNC(=O)Cc1cc(=O)oc2cc([NH3+])ccc12)C(=O)N[C@H](C(=O)N[C@@H](CC(C)C)C(=O)N[C@@H](CCC(N)=O)C(=O)N[C@@H](CO)C(=O)NCC(=O)N[C@@H](Cc1ccccc1)C(=O)N[C@@H](CCC[NH+]=C(N)N)C(=O)N[C@@H](CCCCNc1ccc([N+](=O)[O-])cc1[N+](=O)[O-])C(=O)N[C@@H](CCCC[NH3+])C(N)=O)C(C)(C)C.O=C([O-])C(F)(F)F.O=C([O-])C(F)(F)F.O=C([O-])C(F)(F)F. The van der Waals surface area contributed by atoms with E-state index in [1.807, 2.05) is 0 Å². The summed E-state index contributed by atoms with van der Waals surface area (Å²) < 4.78 is 99.9. The van der Waals surface area contributed by atoms with Crippen LogP contribution in [-0.2, 0) is 89.6 Å². The molecular weight excluding hydrogens is 1820 g/mol. The molecular formula is C78H108F9N21O26. The Bertz CT molecular complexity index is 4770. The second-order valence-corrected chi connectivity index (χ2v) is 30.7. The molecule has 0 saturated carbocycles. The minimum absolute atomic E-state index is 0.0140. The Hall–Kier alpha value is -14.5. The summed E-state index contributed by atoms with van der Waals surface area (Å²) in [5.74, 6) is -21.4. The fraction of sp³-hybridized carbons (Fsp3) is 0.513. The average Bonchev–Trinajstić information content (AvgIpc) is 0.804. The molecule has 0 aliphatic carbocycles. The molecule has 28 N–H and O–H groups in total. The predicted octanol–water partition coefficient (Wildman–Crippen LogP) is -8.17. The number of hydrogen-bond donors (Lipinski definition) is 20. The van der Waals surface area contributed by atoms with E-state index in [0.717, 1.165) is 18.2 Å². The number of carboxylic acids is 3. The van der Waals surface area contributed by atoms with E-state index in [-0.39, 0.29) is 100 Å². The van der Waals surface area contributed by atoms with Crippen LogP contribution < -0.4 is 124 Å². The summed E-state index contributed by atoms with van der Waals surface area (Å²) in [6, 6.07) is 4.08. The number of carbonyl (C=O) groups is 16. The highest BCUT2D eigenvalue weighted by Crippen LogP contribution is 2.30. The fourth-order valence-corrected chi connectivity index (χ4v) is 11.5. The summed E-state index contributed by atoms with van der Waals surface area (Å²) in [4.78, 5) is 241. The van der Waals surface area contributed by atoms with Gasteiger partial charge in [-0.25, -0.2) is 4.79 Å². The van der Waals surface area contributed by atoms with Crippen LogP contribution in [0.1, 0.15) is 130 Å². The number of nitro groups is 2. The summed E-state index contributed by atoms with van der Waals surface area (Å²) in [5.41, 5.74) is 28.7. The summed E-state index contributed by atoms with van der Waals surface area (Å²) in [6.07, 6.45) is -15.8. The van der Waals surface area contributed by atoms with Crippen molar-refractivity contribution in [3.05, 3.63) is 115 Å². The lowest BCUT2D eigenvalue weighted by Crippen LogP contribution is -2.78. The first-order valence-electron chi connectivity index (χ1n) is 40.5. The molecule has 56 heteroatoms. The third kappa shape index (κ3) is 45.9.